The molecule has 0 aromatic carbocycles. The number of nitrogens with two attached hydrogens (primary N) is 2. The van der Waals surface area contributed by atoms with E-state index in [9.17, 15) is 9.59 Å². The highest BCUT2D eigenvalue weighted by Crippen LogP contribution is 1.93. The number of carbonyl (C=O) groups is 2. The lowest BCUT2D eigenvalue weighted by molar-refractivity contribution is -0.132. The van der Waals surface area contributed by atoms with Crippen LogP contribution in [0.15, 0.2) is 0 Å². The number of primary amides is 1. The van der Waals surface area contributed by atoms with Crippen LogP contribution >= 0.6 is 0 Å². The highest BCUT2D eigenvalue weighted by Gasteiger charge is 2.16. The van der Waals surface area contributed by atoms with Crippen LogP contribution in [0.3, 0.4) is 0 Å². The first kappa shape index (κ1) is 14.9. The third-order valence-electron chi connectivity index (χ3n) is 2.40. The molecule has 0 radical (unpaired) electrons. The summed E-state index contributed by atoms with van der Waals surface area (Å²) >= 11 is 0. The van der Waals surface area contributed by atoms with Crippen LogP contribution in [0.25, 0.3) is 0 Å². The molecule has 0 rings (SSSR count). The fourth-order valence-electron chi connectivity index (χ4n) is 1.40. The van der Waals surface area contributed by atoms with Crippen molar-refractivity contribution < 1.29 is 9.59 Å². The zero-order valence-corrected chi connectivity index (χ0v) is 10.3. The minimum atomic E-state index is -0.727. The molecule has 0 bridgehead atoms. The van der Waals surface area contributed by atoms with E-state index in [4.69, 9.17) is 11.5 Å². The lowest BCUT2D eigenvalue weighted by Gasteiger charge is -2.24. The normalized spacial score (nSPS) is 12.6. The van der Waals surface area contributed by atoms with Gasteiger partial charge in [0.1, 0.15) is 0 Å². The van der Waals surface area contributed by atoms with E-state index in [0.29, 0.717) is 19.6 Å². The number of carbonyl (C=O) groups excluding carboxylic acids is 2. The van der Waals surface area contributed by atoms with Crippen LogP contribution in [-0.2, 0) is 9.59 Å². The van der Waals surface area contributed by atoms with Crippen molar-refractivity contribution in [3.05, 3.63) is 0 Å². The van der Waals surface area contributed by atoms with Crippen LogP contribution in [-0.4, -0.2) is 60.9 Å². The summed E-state index contributed by atoms with van der Waals surface area (Å²) in [4.78, 5) is 25.9. The standard InChI is InChI=1S/C10H22N4O2/c1-4-14(5-2)9(15)7-13(3)6-8(11)10(12)16/h8H,4-7,11H2,1-3H3,(H2,12,16). The van der Waals surface area contributed by atoms with Gasteiger partial charge in [0.15, 0.2) is 0 Å². The summed E-state index contributed by atoms with van der Waals surface area (Å²) in [5.74, 6) is -0.522. The van der Waals surface area contributed by atoms with Crippen LogP contribution in [0, 0.1) is 0 Å². The molecule has 4 N–H and O–H groups in total. The Morgan fingerprint density at radius 3 is 2.12 bits per heavy atom. The van der Waals surface area contributed by atoms with Gasteiger partial charge in [0.2, 0.25) is 11.8 Å². The van der Waals surface area contributed by atoms with Gasteiger partial charge in [-0.25, -0.2) is 0 Å². The summed E-state index contributed by atoms with van der Waals surface area (Å²) < 4.78 is 0. The van der Waals surface area contributed by atoms with Gasteiger partial charge in [-0.05, 0) is 20.9 Å². The largest absolute Gasteiger partial charge is 0.368 e. The van der Waals surface area contributed by atoms with Crippen molar-refractivity contribution in [3.63, 3.8) is 0 Å². The molecule has 1 unspecified atom stereocenters. The van der Waals surface area contributed by atoms with Crippen molar-refractivity contribution >= 4 is 11.8 Å². The Hall–Kier alpha value is -1.14. The molecule has 0 aliphatic heterocycles. The molecule has 0 heterocycles. The predicted molar refractivity (Wildman–Crippen MR) is 62.6 cm³/mol. The summed E-state index contributed by atoms with van der Waals surface area (Å²) in [6.07, 6.45) is 0. The average molecular weight is 230 g/mol. The minimum Gasteiger partial charge on any atom is -0.368 e. The molecule has 0 saturated carbocycles. The van der Waals surface area contributed by atoms with E-state index in [-0.39, 0.29) is 12.5 Å². The molecule has 94 valence electrons. The molecule has 0 aliphatic carbocycles. The zero-order chi connectivity index (χ0) is 12.7. The maximum Gasteiger partial charge on any atom is 0.236 e. The minimum absolute atomic E-state index is 0.0316. The number of rotatable bonds is 7. The van der Waals surface area contributed by atoms with Crippen LogP contribution in [0.5, 0.6) is 0 Å². The molecular formula is C10H22N4O2. The van der Waals surface area contributed by atoms with Crippen molar-refractivity contribution in [1.29, 1.82) is 0 Å². The van der Waals surface area contributed by atoms with E-state index < -0.39 is 11.9 Å². The topological polar surface area (TPSA) is 92.7 Å². The fourth-order valence-corrected chi connectivity index (χ4v) is 1.40. The Kier molecular flexibility index (Phi) is 6.67. The van der Waals surface area contributed by atoms with E-state index in [0.717, 1.165) is 0 Å². The lowest BCUT2D eigenvalue weighted by Crippen LogP contribution is -2.47. The number of likely N-dealkylation sites (N-methyl/N-ethyl adjacent to an activating group) is 2. The molecular weight excluding hydrogens is 208 g/mol. The van der Waals surface area contributed by atoms with Gasteiger partial charge in [0, 0.05) is 19.6 Å². The van der Waals surface area contributed by atoms with Gasteiger partial charge in [-0.15, -0.1) is 0 Å². The third kappa shape index (κ3) is 5.09. The Morgan fingerprint density at radius 2 is 1.75 bits per heavy atom. The fraction of sp³-hybridized carbons (Fsp3) is 0.800. The van der Waals surface area contributed by atoms with Crippen molar-refractivity contribution in [2.45, 2.75) is 19.9 Å². The second-order valence-corrected chi connectivity index (χ2v) is 3.77. The molecule has 6 nitrogen and oxygen atoms in total. The molecule has 2 amide bonds. The Labute approximate surface area is 96.5 Å². The maximum absolute atomic E-state index is 11.7. The second-order valence-electron chi connectivity index (χ2n) is 3.77. The predicted octanol–water partition coefficient (Wildman–Crippen LogP) is -1.40. The van der Waals surface area contributed by atoms with E-state index >= 15 is 0 Å². The Morgan fingerprint density at radius 1 is 1.25 bits per heavy atom. The molecule has 0 aromatic rings. The lowest BCUT2D eigenvalue weighted by atomic mass is 10.3. The third-order valence-corrected chi connectivity index (χ3v) is 2.40. The van der Waals surface area contributed by atoms with Crippen LogP contribution < -0.4 is 11.5 Å². The Bertz CT molecular complexity index is 241. The van der Waals surface area contributed by atoms with Gasteiger partial charge in [-0.2, -0.15) is 0 Å². The first-order valence-corrected chi connectivity index (χ1v) is 5.43. The SMILES string of the molecule is CCN(CC)C(=O)CN(C)CC(N)C(N)=O. The summed E-state index contributed by atoms with van der Waals surface area (Å²) in [6.45, 7) is 5.77. The first-order chi connectivity index (χ1) is 7.42. The Balaban J connectivity index is 4.08. The summed E-state index contributed by atoms with van der Waals surface area (Å²) in [5, 5.41) is 0. The van der Waals surface area contributed by atoms with E-state index in [1.54, 1.807) is 16.8 Å². The average Bonchev–Trinajstić information content (AvgIpc) is 2.18. The molecule has 1 atom stereocenters. The number of hydrogen-bond donors (Lipinski definition) is 2. The van der Waals surface area contributed by atoms with Gasteiger partial charge >= 0.3 is 0 Å². The number of nitrogens with zero attached hydrogens (tertiary/aromatic N) is 2. The smallest absolute Gasteiger partial charge is 0.236 e. The summed E-state index contributed by atoms with van der Waals surface area (Å²) in [5.41, 5.74) is 10.5. The monoisotopic (exact) mass is 230 g/mol. The van der Waals surface area contributed by atoms with Crippen molar-refractivity contribution in [2.24, 2.45) is 11.5 Å². The van der Waals surface area contributed by atoms with E-state index in [1.807, 2.05) is 13.8 Å². The van der Waals surface area contributed by atoms with Crippen LogP contribution in [0.4, 0.5) is 0 Å². The molecule has 0 spiro atoms. The molecule has 6 heteroatoms. The number of hydrogen-bond acceptors (Lipinski definition) is 4. The van der Waals surface area contributed by atoms with Gasteiger partial charge in [-0.1, -0.05) is 0 Å². The molecule has 0 saturated heterocycles. The quantitative estimate of drug-likeness (QED) is 0.562. The van der Waals surface area contributed by atoms with Gasteiger partial charge in [0.05, 0.1) is 12.6 Å². The van der Waals surface area contributed by atoms with Gasteiger partial charge in [-0.3, -0.25) is 14.5 Å². The number of amides is 2. The molecule has 16 heavy (non-hydrogen) atoms. The summed E-state index contributed by atoms with van der Waals surface area (Å²) in [6, 6.07) is -0.727. The van der Waals surface area contributed by atoms with Gasteiger partial charge in [0.25, 0.3) is 0 Å². The highest BCUT2D eigenvalue weighted by atomic mass is 16.2. The summed E-state index contributed by atoms with van der Waals surface area (Å²) in [7, 11) is 1.74. The van der Waals surface area contributed by atoms with Crippen molar-refractivity contribution in [3.8, 4) is 0 Å². The molecule has 0 fully saturated rings. The highest BCUT2D eigenvalue weighted by molar-refractivity contribution is 5.80. The second kappa shape index (κ2) is 7.19. The van der Waals surface area contributed by atoms with Crippen molar-refractivity contribution in [2.75, 3.05) is 33.2 Å². The zero-order valence-electron chi connectivity index (χ0n) is 10.3. The molecule has 0 aliphatic rings. The van der Waals surface area contributed by atoms with Gasteiger partial charge < -0.3 is 16.4 Å². The van der Waals surface area contributed by atoms with Crippen molar-refractivity contribution in [1.82, 2.24) is 9.80 Å². The van der Waals surface area contributed by atoms with E-state index in [1.165, 1.54) is 0 Å². The van der Waals surface area contributed by atoms with E-state index in [2.05, 4.69) is 0 Å². The first-order valence-electron chi connectivity index (χ1n) is 5.43. The molecule has 0 aromatic heterocycles. The van der Waals surface area contributed by atoms with Crippen LogP contribution in [0.2, 0.25) is 0 Å². The maximum atomic E-state index is 11.7. The van der Waals surface area contributed by atoms with Crippen LogP contribution in [0.1, 0.15) is 13.8 Å².